The predicted molar refractivity (Wildman–Crippen MR) is 77.9 cm³/mol. The summed E-state index contributed by atoms with van der Waals surface area (Å²) in [6.07, 6.45) is 2.90. The highest BCUT2D eigenvalue weighted by Gasteiger charge is 2.15. The van der Waals surface area contributed by atoms with Gasteiger partial charge in [-0.2, -0.15) is 8.78 Å². The summed E-state index contributed by atoms with van der Waals surface area (Å²) in [4.78, 5) is 3.96. The molecule has 1 N–H and O–H groups in total. The molecule has 1 atom stereocenters. The number of morpholine rings is 1. The van der Waals surface area contributed by atoms with Gasteiger partial charge in [-0.25, -0.2) is 0 Å². The second-order valence-corrected chi connectivity index (χ2v) is 4.99. The minimum atomic E-state index is -2.85. The normalized spacial score (nSPS) is 18.4. The van der Waals surface area contributed by atoms with Gasteiger partial charge in [0.1, 0.15) is 5.75 Å². The van der Waals surface area contributed by atoms with Gasteiger partial charge in [-0.05, 0) is 23.3 Å². The highest BCUT2D eigenvalue weighted by Crippen LogP contribution is 2.26. The summed E-state index contributed by atoms with van der Waals surface area (Å²) in [5.74, 6) is 0.0528. The number of benzene rings is 1. The van der Waals surface area contributed by atoms with E-state index >= 15 is 0 Å². The minimum absolute atomic E-state index is 0.0528. The fraction of sp³-hybridized carbons (Fsp3) is 0.312. The van der Waals surface area contributed by atoms with Crippen molar-refractivity contribution in [1.29, 1.82) is 0 Å². The van der Waals surface area contributed by atoms with Crippen LogP contribution in [-0.2, 0) is 4.74 Å². The first kappa shape index (κ1) is 14.9. The summed E-state index contributed by atoms with van der Waals surface area (Å²) in [7, 11) is 0. The van der Waals surface area contributed by atoms with Crippen molar-refractivity contribution in [2.45, 2.75) is 12.7 Å². The Morgan fingerprint density at radius 2 is 2.14 bits per heavy atom. The zero-order valence-corrected chi connectivity index (χ0v) is 11.8. The Hall–Kier alpha value is -2.05. The molecule has 1 aliphatic heterocycles. The van der Waals surface area contributed by atoms with Crippen LogP contribution in [-0.4, -0.2) is 31.4 Å². The Balaban J connectivity index is 1.85. The Morgan fingerprint density at radius 3 is 2.91 bits per heavy atom. The van der Waals surface area contributed by atoms with E-state index in [0.29, 0.717) is 13.2 Å². The van der Waals surface area contributed by atoms with Gasteiger partial charge >= 0.3 is 6.61 Å². The molecule has 0 spiro atoms. The molecule has 116 valence electrons. The molecule has 0 radical (unpaired) electrons. The van der Waals surface area contributed by atoms with Crippen LogP contribution in [0.5, 0.6) is 5.75 Å². The monoisotopic (exact) mass is 306 g/mol. The van der Waals surface area contributed by atoms with Crippen molar-refractivity contribution >= 4 is 0 Å². The van der Waals surface area contributed by atoms with E-state index in [2.05, 4.69) is 15.0 Å². The molecule has 4 nitrogen and oxygen atoms in total. The van der Waals surface area contributed by atoms with Crippen LogP contribution < -0.4 is 10.1 Å². The summed E-state index contributed by atoms with van der Waals surface area (Å²) in [6, 6.07) is 9.57. The molecule has 0 bridgehead atoms. The van der Waals surface area contributed by atoms with Gasteiger partial charge in [-0.15, -0.1) is 0 Å². The van der Waals surface area contributed by atoms with Crippen LogP contribution in [0.25, 0.3) is 11.1 Å². The van der Waals surface area contributed by atoms with Gasteiger partial charge in [-0.1, -0.05) is 18.2 Å². The lowest BCUT2D eigenvalue weighted by Crippen LogP contribution is -2.34. The van der Waals surface area contributed by atoms with Crippen molar-refractivity contribution in [2.75, 3.05) is 19.8 Å². The molecule has 22 heavy (non-hydrogen) atoms. The predicted octanol–water partition coefficient (Wildman–Crippen LogP) is 3.01. The number of nitrogens with one attached hydrogen (secondary N) is 1. The number of nitrogens with zero attached hydrogens (tertiary/aromatic N) is 1. The summed E-state index contributed by atoms with van der Waals surface area (Å²) < 4.78 is 34.4. The van der Waals surface area contributed by atoms with E-state index in [9.17, 15) is 8.78 Å². The molecule has 1 aromatic carbocycles. The second kappa shape index (κ2) is 6.81. The second-order valence-electron chi connectivity index (χ2n) is 4.99. The molecule has 0 amide bonds. The van der Waals surface area contributed by atoms with Crippen LogP contribution in [0.1, 0.15) is 11.6 Å². The smallest absolute Gasteiger partial charge is 0.387 e. The number of pyridine rings is 1. The largest absolute Gasteiger partial charge is 0.433 e. The van der Waals surface area contributed by atoms with Crippen LogP contribution in [0.4, 0.5) is 8.78 Å². The fourth-order valence-corrected chi connectivity index (χ4v) is 2.46. The van der Waals surface area contributed by atoms with Crippen LogP contribution in [0.15, 0.2) is 42.7 Å². The molecular formula is C16H16F2N2O2. The Kier molecular flexibility index (Phi) is 4.60. The Bertz CT molecular complexity index is 631. The van der Waals surface area contributed by atoms with E-state index in [-0.39, 0.29) is 11.8 Å². The number of halogens is 2. The number of aromatic nitrogens is 1. The van der Waals surface area contributed by atoms with Gasteiger partial charge in [-0.3, -0.25) is 4.98 Å². The summed E-state index contributed by atoms with van der Waals surface area (Å²) in [5.41, 5.74) is 2.73. The van der Waals surface area contributed by atoms with Crippen molar-refractivity contribution in [3.8, 4) is 16.9 Å². The van der Waals surface area contributed by atoms with Crippen LogP contribution >= 0.6 is 0 Å². The Morgan fingerprint density at radius 1 is 1.23 bits per heavy atom. The van der Waals surface area contributed by atoms with E-state index in [1.165, 1.54) is 6.20 Å². The Labute approximate surface area is 127 Å². The molecule has 1 aliphatic rings. The van der Waals surface area contributed by atoms with E-state index in [0.717, 1.165) is 23.2 Å². The standard InChI is InChI=1S/C16H16F2N2O2/c17-16(18)22-14-7-13(8-19-9-14)11-2-1-3-12(6-11)15-10-21-5-4-20-15/h1-3,6-9,15-16,20H,4-5,10H2/t15-/m0/s1. The highest BCUT2D eigenvalue weighted by atomic mass is 19.3. The third-order valence-electron chi connectivity index (χ3n) is 3.48. The molecule has 1 fully saturated rings. The summed E-state index contributed by atoms with van der Waals surface area (Å²) in [6.45, 7) is -0.704. The van der Waals surface area contributed by atoms with Crippen molar-refractivity contribution in [1.82, 2.24) is 10.3 Å². The lowest BCUT2D eigenvalue weighted by atomic mass is 10.0. The fourth-order valence-electron chi connectivity index (χ4n) is 2.46. The quantitative estimate of drug-likeness (QED) is 0.943. The van der Waals surface area contributed by atoms with E-state index in [4.69, 9.17) is 4.74 Å². The van der Waals surface area contributed by atoms with Crippen LogP contribution in [0, 0.1) is 0 Å². The maximum Gasteiger partial charge on any atom is 0.387 e. The average molecular weight is 306 g/mol. The van der Waals surface area contributed by atoms with Gasteiger partial charge in [0.15, 0.2) is 0 Å². The zero-order chi connectivity index (χ0) is 15.4. The molecule has 3 rings (SSSR count). The van der Waals surface area contributed by atoms with Gasteiger partial charge in [0.05, 0.1) is 25.5 Å². The van der Waals surface area contributed by atoms with Crippen molar-refractivity contribution < 1.29 is 18.3 Å². The van der Waals surface area contributed by atoms with Crippen LogP contribution in [0.2, 0.25) is 0 Å². The SMILES string of the molecule is FC(F)Oc1cncc(-c2cccc([C@@H]3COCCN3)c2)c1. The maximum absolute atomic E-state index is 12.3. The molecule has 2 heterocycles. The number of rotatable bonds is 4. The van der Waals surface area contributed by atoms with Gasteiger partial charge in [0, 0.05) is 18.3 Å². The topological polar surface area (TPSA) is 43.4 Å². The lowest BCUT2D eigenvalue weighted by molar-refractivity contribution is -0.0500. The first-order valence-electron chi connectivity index (χ1n) is 7.04. The highest BCUT2D eigenvalue weighted by molar-refractivity contribution is 5.64. The lowest BCUT2D eigenvalue weighted by Gasteiger charge is -2.24. The number of ether oxygens (including phenoxy) is 2. The van der Waals surface area contributed by atoms with E-state index in [1.807, 2.05) is 24.3 Å². The number of hydrogen-bond donors (Lipinski definition) is 1. The van der Waals surface area contributed by atoms with E-state index < -0.39 is 6.61 Å². The molecule has 0 aliphatic carbocycles. The summed E-state index contributed by atoms with van der Waals surface area (Å²) in [5, 5.41) is 3.39. The maximum atomic E-state index is 12.3. The third-order valence-corrected chi connectivity index (χ3v) is 3.48. The number of alkyl halides is 2. The van der Waals surface area contributed by atoms with Crippen molar-refractivity contribution in [3.05, 3.63) is 48.3 Å². The summed E-state index contributed by atoms with van der Waals surface area (Å²) >= 11 is 0. The number of hydrogen-bond acceptors (Lipinski definition) is 4. The minimum Gasteiger partial charge on any atom is -0.433 e. The molecule has 0 unspecified atom stereocenters. The molecule has 1 aromatic heterocycles. The van der Waals surface area contributed by atoms with Crippen LogP contribution in [0.3, 0.4) is 0 Å². The molecule has 6 heteroatoms. The van der Waals surface area contributed by atoms with Gasteiger partial charge in [0.25, 0.3) is 0 Å². The first-order valence-corrected chi connectivity index (χ1v) is 7.04. The molecule has 1 saturated heterocycles. The zero-order valence-electron chi connectivity index (χ0n) is 11.8. The third kappa shape index (κ3) is 3.58. The first-order chi connectivity index (χ1) is 10.7. The van der Waals surface area contributed by atoms with Gasteiger partial charge < -0.3 is 14.8 Å². The van der Waals surface area contributed by atoms with E-state index in [1.54, 1.807) is 12.3 Å². The molecule has 0 saturated carbocycles. The molecule has 2 aromatic rings. The van der Waals surface area contributed by atoms with Gasteiger partial charge in [0.2, 0.25) is 0 Å². The van der Waals surface area contributed by atoms with Crippen molar-refractivity contribution in [3.63, 3.8) is 0 Å². The van der Waals surface area contributed by atoms with Crippen molar-refractivity contribution in [2.24, 2.45) is 0 Å². The molecular weight excluding hydrogens is 290 g/mol. The average Bonchev–Trinajstić information content (AvgIpc) is 2.55.